The minimum absolute atomic E-state index is 0.0452. The average Bonchev–Trinajstić information content (AvgIpc) is 2.87. The molecule has 2 rings (SSSR count). The zero-order valence-electron chi connectivity index (χ0n) is 12.6. The van der Waals surface area contributed by atoms with Gasteiger partial charge in [0, 0.05) is 23.8 Å². The number of hydrogen-bond donors (Lipinski definition) is 3. The SMILES string of the molecule is CCNC(=O)c1ccc(C)c(NC(=O)C2CCCC2N)c1. The third kappa shape index (κ3) is 3.61. The number of carbonyl (C=O) groups is 2. The Morgan fingerprint density at radius 1 is 1.33 bits per heavy atom. The van der Waals surface area contributed by atoms with E-state index in [9.17, 15) is 9.59 Å². The highest BCUT2D eigenvalue weighted by atomic mass is 16.2. The summed E-state index contributed by atoms with van der Waals surface area (Å²) in [5.41, 5.74) is 8.13. The quantitative estimate of drug-likeness (QED) is 0.790. The Balaban J connectivity index is 2.13. The van der Waals surface area contributed by atoms with Crippen LogP contribution < -0.4 is 16.4 Å². The second-order valence-electron chi connectivity index (χ2n) is 5.58. The predicted octanol–water partition coefficient (Wildman–Crippen LogP) is 1.81. The van der Waals surface area contributed by atoms with Gasteiger partial charge in [0.05, 0.1) is 5.92 Å². The number of carbonyl (C=O) groups excluding carboxylic acids is 2. The molecular formula is C16H23N3O2. The molecule has 2 atom stereocenters. The molecule has 0 bridgehead atoms. The molecule has 114 valence electrons. The molecule has 1 aliphatic rings. The van der Waals surface area contributed by atoms with Gasteiger partial charge in [-0.2, -0.15) is 0 Å². The summed E-state index contributed by atoms with van der Waals surface area (Å²) in [7, 11) is 0. The first-order chi connectivity index (χ1) is 10.0. The molecule has 1 aromatic rings. The zero-order valence-corrected chi connectivity index (χ0v) is 12.6. The standard InChI is InChI=1S/C16H23N3O2/c1-3-18-15(20)11-8-7-10(2)14(9-11)19-16(21)12-5-4-6-13(12)17/h7-9,12-13H,3-6,17H2,1-2H3,(H,18,20)(H,19,21). The fourth-order valence-electron chi connectivity index (χ4n) is 2.70. The van der Waals surface area contributed by atoms with Gasteiger partial charge >= 0.3 is 0 Å². The van der Waals surface area contributed by atoms with E-state index in [-0.39, 0.29) is 23.8 Å². The first kappa shape index (κ1) is 15.5. The maximum Gasteiger partial charge on any atom is 0.251 e. The molecule has 1 fully saturated rings. The highest BCUT2D eigenvalue weighted by Gasteiger charge is 2.30. The van der Waals surface area contributed by atoms with Crippen LogP contribution in [0.15, 0.2) is 18.2 Å². The van der Waals surface area contributed by atoms with Crippen LogP contribution in [0.4, 0.5) is 5.69 Å². The molecule has 0 spiro atoms. The third-order valence-corrected chi connectivity index (χ3v) is 4.00. The molecule has 1 aliphatic carbocycles. The second kappa shape index (κ2) is 6.72. The summed E-state index contributed by atoms with van der Waals surface area (Å²) in [5, 5.41) is 5.67. The molecule has 1 aromatic carbocycles. The molecule has 5 nitrogen and oxygen atoms in total. The van der Waals surface area contributed by atoms with E-state index in [0.29, 0.717) is 17.8 Å². The van der Waals surface area contributed by atoms with Crippen LogP contribution in [0.2, 0.25) is 0 Å². The fraction of sp³-hybridized carbons (Fsp3) is 0.500. The van der Waals surface area contributed by atoms with E-state index < -0.39 is 0 Å². The van der Waals surface area contributed by atoms with Crippen LogP contribution in [0, 0.1) is 12.8 Å². The molecule has 0 aromatic heterocycles. The van der Waals surface area contributed by atoms with Crippen LogP contribution in [0.3, 0.4) is 0 Å². The molecule has 2 amide bonds. The van der Waals surface area contributed by atoms with Gasteiger partial charge < -0.3 is 16.4 Å². The van der Waals surface area contributed by atoms with Gasteiger partial charge in [-0.3, -0.25) is 9.59 Å². The summed E-state index contributed by atoms with van der Waals surface area (Å²) < 4.78 is 0. The Morgan fingerprint density at radius 2 is 2.10 bits per heavy atom. The van der Waals surface area contributed by atoms with Crippen LogP contribution in [-0.4, -0.2) is 24.4 Å². The summed E-state index contributed by atoms with van der Waals surface area (Å²) in [6.45, 7) is 4.35. The minimum Gasteiger partial charge on any atom is -0.352 e. The normalized spacial score (nSPS) is 21.1. The number of benzene rings is 1. The number of anilines is 1. The molecule has 0 heterocycles. The van der Waals surface area contributed by atoms with Crippen LogP contribution in [0.1, 0.15) is 42.1 Å². The molecule has 21 heavy (non-hydrogen) atoms. The van der Waals surface area contributed by atoms with Gasteiger partial charge in [-0.25, -0.2) is 0 Å². The van der Waals surface area contributed by atoms with Gasteiger partial charge in [0.1, 0.15) is 0 Å². The van der Waals surface area contributed by atoms with Gasteiger partial charge in [0.15, 0.2) is 0 Å². The first-order valence-electron chi connectivity index (χ1n) is 7.48. The molecule has 2 unspecified atom stereocenters. The van der Waals surface area contributed by atoms with Gasteiger partial charge in [0.25, 0.3) is 5.91 Å². The Labute approximate surface area is 125 Å². The highest BCUT2D eigenvalue weighted by Crippen LogP contribution is 2.26. The number of nitrogens with one attached hydrogen (secondary N) is 2. The van der Waals surface area contributed by atoms with E-state index in [1.165, 1.54) is 0 Å². The van der Waals surface area contributed by atoms with Crippen molar-refractivity contribution in [1.29, 1.82) is 0 Å². The Bertz CT molecular complexity index is 542. The maximum atomic E-state index is 12.3. The third-order valence-electron chi connectivity index (χ3n) is 4.00. The van der Waals surface area contributed by atoms with Gasteiger partial charge in [-0.15, -0.1) is 0 Å². The second-order valence-corrected chi connectivity index (χ2v) is 5.58. The van der Waals surface area contributed by atoms with E-state index in [2.05, 4.69) is 10.6 Å². The van der Waals surface area contributed by atoms with E-state index in [1.54, 1.807) is 12.1 Å². The van der Waals surface area contributed by atoms with Crippen LogP contribution in [0.5, 0.6) is 0 Å². The zero-order chi connectivity index (χ0) is 15.4. The first-order valence-corrected chi connectivity index (χ1v) is 7.48. The number of amides is 2. The van der Waals surface area contributed by atoms with Crippen LogP contribution in [0.25, 0.3) is 0 Å². The van der Waals surface area contributed by atoms with Crippen LogP contribution >= 0.6 is 0 Å². The molecule has 0 saturated heterocycles. The van der Waals surface area contributed by atoms with E-state index in [0.717, 1.165) is 24.8 Å². The Hall–Kier alpha value is -1.88. The van der Waals surface area contributed by atoms with Crippen molar-refractivity contribution in [2.75, 3.05) is 11.9 Å². The lowest BCUT2D eigenvalue weighted by Crippen LogP contribution is -2.34. The minimum atomic E-state index is -0.134. The van der Waals surface area contributed by atoms with Crippen molar-refractivity contribution in [3.63, 3.8) is 0 Å². The van der Waals surface area contributed by atoms with Gasteiger partial charge in [0.2, 0.25) is 5.91 Å². The van der Waals surface area contributed by atoms with Crippen LogP contribution in [-0.2, 0) is 4.79 Å². The van der Waals surface area contributed by atoms with E-state index >= 15 is 0 Å². The Kier molecular flexibility index (Phi) is 4.96. The summed E-state index contributed by atoms with van der Waals surface area (Å²) >= 11 is 0. The Morgan fingerprint density at radius 3 is 2.71 bits per heavy atom. The van der Waals surface area contributed by atoms with Crippen molar-refractivity contribution >= 4 is 17.5 Å². The smallest absolute Gasteiger partial charge is 0.251 e. The van der Waals surface area contributed by atoms with E-state index in [4.69, 9.17) is 5.73 Å². The fourth-order valence-corrected chi connectivity index (χ4v) is 2.70. The topological polar surface area (TPSA) is 84.2 Å². The maximum absolute atomic E-state index is 12.3. The lowest BCUT2D eigenvalue weighted by Gasteiger charge is -2.17. The monoisotopic (exact) mass is 289 g/mol. The molecule has 4 N–H and O–H groups in total. The molecule has 0 radical (unpaired) electrons. The summed E-state index contributed by atoms with van der Waals surface area (Å²) in [5.74, 6) is -0.306. The summed E-state index contributed by atoms with van der Waals surface area (Å²) in [6, 6.07) is 5.27. The van der Waals surface area contributed by atoms with Crippen molar-refractivity contribution in [2.24, 2.45) is 11.7 Å². The molecule has 5 heteroatoms. The average molecular weight is 289 g/mol. The molecule has 1 saturated carbocycles. The number of aryl methyl sites for hydroxylation is 1. The van der Waals surface area contributed by atoms with Crippen molar-refractivity contribution in [2.45, 2.75) is 39.2 Å². The van der Waals surface area contributed by atoms with E-state index in [1.807, 2.05) is 19.9 Å². The number of rotatable bonds is 4. The summed E-state index contributed by atoms with van der Waals surface area (Å²) in [6.07, 6.45) is 2.73. The van der Waals surface area contributed by atoms with Gasteiger partial charge in [-0.1, -0.05) is 12.5 Å². The summed E-state index contributed by atoms with van der Waals surface area (Å²) in [4.78, 5) is 24.2. The molecular weight excluding hydrogens is 266 g/mol. The number of nitrogens with two attached hydrogens (primary N) is 1. The number of hydrogen-bond acceptors (Lipinski definition) is 3. The molecule has 0 aliphatic heterocycles. The largest absolute Gasteiger partial charge is 0.352 e. The van der Waals surface area contributed by atoms with Gasteiger partial charge in [-0.05, 0) is 44.4 Å². The highest BCUT2D eigenvalue weighted by molar-refractivity contribution is 5.98. The van der Waals surface area contributed by atoms with Crippen molar-refractivity contribution in [3.05, 3.63) is 29.3 Å². The lowest BCUT2D eigenvalue weighted by atomic mass is 10.0. The lowest BCUT2D eigenvalue weighted by molar-refractivity contribution is -0.120. The van der Waals surface area contributed by atoms with Crippen molar-refractivity contribution in [3.8, 4) is 0 Å². The van der Waals surface area contributed by atoms with Crippen molar-refractivity contribution < 1.29 is 9.59 Å². The predicted molar refractivity (Wildman–Crippen MR) is 83.1 cm³/mol. The van der Waals surface area contributed by atoms with Crippen molar-refractivity contribution in [1.82, 2.24) is 5.32 Å².